The second kappa shape index (κ2) is 6.50. The Labute approximate surface area is 135 Å². The van der Waals surface area contributed by atoms with Crippen molar-refractivity contribution in [3.05, 3.63) is 40.9 Å². The van der Waals surface area contributed by atoms with Gasteiger partial charge in [-0.2, -0.15) is 0 Å². The molecule has 6 heteroatoms. The smallest absolute Gasteiger partial charge is 0.261 e. The van der Waals surface area contributed by atoms with Crippen molar-refractivity contribution in [2.24, 2.45) is 0 Å². The van der Waals surface area contributed by atoms with E-state index in [1.807, 2.05) is 23.1 Å². The Morgan fingerprint density at radius 1 is 1.26 bits per heavy atom. The largest absolute Gasteiger partial charge is 0.340 e. The highest BCUT2D eigenvalue weighted by molar-refractivity contribution is 5.77. The lowest BCUT2D eigenvalue weighted by molar-refractivity contribution is -0.133. The molecule has 0 saturated carbocycles. The van der Waals surface area contributed by atoms with E-state index in [9.17, 15) is 9.59 Å². The fourth-order valence-corrected chi connectivity index (χ4v) is 3.17. The molecule has 1 aliphatic rings. The number of hydrogen-bond donors (Lipinski definition) is 1. The van der Waals surface area contributed by atoms with E-state index >= 15 is 0 Å². The van der Waals surface area contributed by atoms with Crippen LogP contribution < -0.4 is 10.9 Å². The molecule has 1 aromatic heterocycles. The van der Waals surface area contributed by atoms with Crippen molar-refractivity contribution in [1.29, 1.82) is 0 Å². The van der Waals surface area contributed by atoms with E-state index in [0.29, 0.717) is 49.0 Å². The van der Waals surface area contributed by atoms with E-state index in [2.05, 4.69) is 24.1 Å². The Bertz CT molecular complexity index is 761. The maximum Gasteiger partial charge on any atom is 0.261 e. The lowest BCUT2D eigenvalue weighted by Gasteiger charge is -2.36. The maximum atomic E-state index is 12.4. The third kappa shape index (κ3) is 3.42. The highest BCUT2D eigenvalue weighted by Crippen LogP contribution is 2.08. The molecule has 1 aromatic carbocycles. The van der Waals surface area contributed by atoms with Crippen molar-refractivity contribution >= 4 is 16.8 Å². The zero-order valence-corrected chi connectivity index (χ0v) is 13.5. The number of piperazine rings is 1. The van der Waals surface area contributed by atoms with Gasteiger partial charge in [-0.05, 0) is 26.0 Å². The fourth-order valence-electron chi connectivity index (χ4n) is 3.17. The van der Waals surface area contributed by atoms with Crippen LogP contribution in [0.2, 0.25) is 0 Å². The van der Waals surface area contributed by atoms with Gasteiger partial charge in [-0.25, -0.2) is 4.98 Å². The van der Waals surface area contributed by atoms with Gasteiger partial charge in [0.25, 0.3) is 5.56 Å². The summed E-state index contributed by atoms with van der Waals surface area (Å²) in [5.74, 6) is 0.0882. The number of carbonyl (C=O) groups is 1. The van der Waals surface area contributed by atoms with E-state index in [1.165, 1.54) is 10.9 Å². The molecule has 0 aliphatic carbocycles. The van der Waals surface area contributed by atoms with Gasteiger partial charge in [-0.15, -0.1) is 0 Å². The van der Waals surface area contributed by atoms with Gasteiger partial charge in [0.05, 0.1) is 17.2 Å². The summed E-state index contributed by atoms with van der Waals surface area (Å²) in [6, 6.07) is 7.86. The van der Waals surface area contributed by atoms with Crippen molar-refractivity contribution in [3.8, 4) is 0 Å². The molecule has 1 N–H and O–H groups in total. The summed E-state index contributed by atoms with van der Waals surface area (Å²) in [6.45, 7) is 5.95. The molecule has 2 heterocycles. The van der Waals surface area contributed by atoms with Gasteiger partial charge < -0.3 is 10.2 Å². The fraction of sp³-hybridized carbons (Fsp3) is 0.471. The molecule has 0 spiro atoms. The van der Waals surface area contributed by atoms with Gasteiger partial charge in [0, 0.05) is 38.1 Å². The summed E-state index contributed by atoms with van der Waals surface area (Å²) in [4.78, 5) is 31.0. The van der Waals surface area contributed by atoms with Crippen molar-refractivity contribution in [2.45, 2.75) is 38.9 Å². The Morgan fingerprint density at radius 3 is 2.70 bits per heavy atom. The number of carbonyl (C=O) groups excluding carboxylic acids is 1. The minimum Gasteiger partial charge on any atom is -0.340 e. The zero-order chi connectivity index (χ0) is 16.4. The van der Waals surface area contributed by atoms with E-state index in [4.69, 9.17) is 0 Å². The van der Waals surface area contributed by atoms with Crippen LogP contribution in [0.4, 0.5) is 0 Å². The second-order valence-electron chi connectivity index (χ2n) is 6.28. The highest BCUT2D eigenvalue weighted by atomic mass is 16.2. The number of hydrogen-bond acceptors (Lipinski definition) is 4. The van der Waals surface area contributed by atoms with Crippen LogP contribution in [0.1, 0.15) is 20.3 Å². The molecule has 0 radical (unpaired) electrons. The van der Waals surface area contributed by atoms with Crippen molar-refractivity contribution in [2.75, 3.05) is 13.1 Å². The Morgan fingerprint density at radius 2 is 1.96 bits per heavy atom. The van der Waals surface area contributed by atoms with Crippen molar-refractivity contribution < 1.29 is 4.79 Å². The van der Waals surface area contributed by atoms with Crippen LogP contribution in [0.25, 0.3) is 10.9 Å². The first-order valence-corrected chi connectivity index (χ1v) is 8.02. The van der Waals surface area contributed by atoms with Crippen LogP contribution in [-0.2, 0) is 11.3 Å². The summed E-state index contributed by atoms with van der Waals surface area (Å²) in [5, 5.41) is 4.00. The lowest BCUT2D eigenvalue weighted by Crippen LogP contribution is -2.55. The monoisotopic (exact) mass is 314 g/mol. The van der Waals surface area contributed by atoms with Crippen molar-refractivity contribution in [1.82, 2.24) is 19.8 Å². The second-order valence-corrected chi connectivity index (χ2v) is 6.28. The number of nitrogens with one attached hydrogen (secondary N) is 1. The molecule has 2 atom stereocenters. The third-order valence-corrected chi connectivity index (χ3v) is 4.21. The maximum absolute atomic E-state index is 12.4. The molecule has 3 rings (SSSR count). The van der Waals surface area contributed by atoms with Crippen LogP contribution in [-0.4, -0.2) is 45.5 Å². The molecule has 6 nitrogen and oxygen atoms in total. The predicted molar refractivity (Wildman–Crippen MR) is 89.3 cm³/mol. The molecule has 1 amide bonds. The SMILES string of the molecule is CC1CN(C(=O)CCn2cnc3ccccc3c2=O)CC(C)N1. The molecular weight excluding hydrogens is 292 g/mol. The lowest BCUT2D eigenvalue weighted by atomic mass is 10.1. The molecule has 122 valence electrons. The van der Waals surface area contributed by atoms with E-state index < -0.39 is 0 Å². The molecule has 2 aromatic rings. The number of benzene rings is 1. The normalized spacial score (nSPS) is 21.6. The minimum atomic E-state index is -0.0922. The summed E-state index contributed by atoms with van der Waals surface area (Å²) in [7, 11) is 0. The standard InChI is InChI=1S/C17H22N4O2/c1-12-9-21(10-13(2)19-12)16(22)7-8-20-11-18-15-6-4-3-5-14(15)17(20)23/h3-6,11-13,19H,7-10H2,1-2H3. The van der Waals surface area contributed by atoms with E-state index in [1.54, 1.807) is 6.07 Å². The number of fused-ring (bicyclic) bond motifs is 1. The average Bonchev–Trinajstić information content (AvgIpc) is 2.53. The summed E-state index contributed by atoms with van der Waals surface area (Å²) >= 11 is 0. The predicted octanol–water partition coefficient (Wildman–Crippen LogP) is 0.995. The molecule has 0 bridgehead atoms. The molecule has 2 unspecified atom stereocenters. The Balaban J connectivity index is 1.70. The first-order valence-electron chi connectivity index (χ1n) is 8.02. The number of rotatable bonds is 3. The van der Waals surface area contributed by atoms with Crippen molar-refractivity contribution in [3.63, 3.8) is 0 Å². The number of amides is 1. The van der Waals surface area contributed by atoms with E-state index in [-0.39, 0.29) is 11.5 Å². The number of aryl methyl sites for hydroxylation is 1. The number of nitrogens with zero attached hydrogens (tertiary/aromatic N) is 3. The van der Waals surface area contributed by atoms with Gasteiger partial charge in [0.1, 0.15) is 0 Å². The van der Waals surface area contributed by atoms with Crippen LogP contribution in [0.15, 0.2) is 35.4 Å². The van der Waals surface area contributed by atoms with Gasteiger partial charge in [0.15, 0.2) is 0 Å². The Hall–Kier alpha value is -2.21. The van der Waals surface area contributed by atoms with Crippen LogP contribution in [0.3, 0.4) is 0 Å². The van der Waals surface area contributed by atoms with Gasteiger partial charge in [0.2, 0.25) is 5.91 Å². The molecule has 1 aliphatic heterocycles. The summed E-state index contributed by atoms with van der Waals surface area (Å²) < 4.78 is 1.52. The average molecular weight is 314 g/mol. The molecule has 23 heavy (non-hydrogen) atoms. The first-order chi connectivity index (χ1) is 11.0. The summed E-state index contributed by atoms with van der Waals surface area (Å²) in [6.07, 6.45) is 1.85. The molecule has 1 fully saturated rings. The molecular formula is C17H22N4O2. The topological polar surface area (TPSA) is 67.2 Å². The number of aromatic nitrogens is 2. The Kier molecular flexibility index (Phi) is 4.43. The van der Waals surface area contributed by atoms with Crippen LogP contribution in [0.5, 0.6) is 0 Å². The minimum absolute atomic E-state index is 0.0882. The number of para-hydroxylation sites is 1. The summed E-state index contributed by atoms with van der Waals surface area (Å²) in [5.41, 5.74) is 0.593. The molecule has 1 saturated heterocycles. The van der Waals surface area contributed by atoms with E-state index in [0.717, 1.165) is 0 Å². The van der Waals surface area contributed by atoms with Crippen LogP contribution in [0, 0.1) is 0 Å². The zero-order valence-electron chi connectivity index (χ0n) is 13.5. The first kappa shape index (κ1) is 15.7. The van der Waals surface area contributed by atoms with Crippen LogP contribution >= 0.6 is 0 Å². The van der Waals surface area contributed by atoms with Gasteiger partial charge >= 0.3 is 0 Å². The third-order valence-electron chi connectivity index (χ3n) is 4.21. The van der Waals surface area contributed by atoms with Gasteiger partial charge in [-0.3, -0.25) is 14.2 Å². The highest BCUT2D eigenvalue weighted by Gasteiger charge is 2.24. The quantitative estimate of drug-likeness (QED) is 0.917. The van der Waals surface area contributed by atoms with Gasteiger partial charge in [-0.1, -0.05) is 12.1 Å².